The van der Waals surface area contributed by atoms with Gasteiger partial charge in [0.05, 0.1) is 5.69 Å². The zero-order valence-corrected chi connectivity index (χ0v) is 9.69. The molecule has 0 aliphatic heterocycles. The van der Waals surface area contributed by atoms with E-state index in [0.717, 1.165) is 22.4 Å². The molecule has 0 atom stereocenters. The minimum atomic E-state index is 0. The number of hydrogen-bond acceptors (Lipinski definition) is 3. The Balaban J connectivity index is 0.00000133. The van der Waals surface area contributed by atoms with Crippen molar-refractivity contribution in [2.45, 2.75) is 0 Å². The van der Waals surface area contributed by atoms with E-state index in [1.165, 1.54) is 0 Å². The Labute approximate surface area is 116 Å². The van der Waals surface area contributed by atoms with Crippen LogP contribution in [0.1, 0.15) is 0 Å². The van der Waals surface area contributed by atoms with E-state index in [4.69, 9.17) is 0 Å². The summed E-state index contributed by atoms with van der Waals surface area (Å²) in [5, 5.41) is 0. The molecule has 19 heavy (non-hydrogen) atoms. The third kappa shape index (κ3) is 2.74. The van der Waals surface area contributed by atoms with Gasteiger partial charge in [-0.05, 0) is 35.2 Å². The minimum Gasteiger partial charge on any atom is -0.264 e. The maximum absolute atomic E-state index is 4.46. The second-order valence-electron chi connectivity index (χ2n) is 3.88. The number of hydrogen-bond donors (Lipinski definition) is 0. The molecule has 3 aromatic heterocycles. The lowest BCUT2D eigenvalue weighted by atomic mass is 10.0. The Morgan fingerprint density at radius 1 is 0.684 bits per heavy atom. The molecule has 0 saturated heterocycles. The van der Waals surface area contributed by atoms with Crippen LogP contribution in [0.2, 0.25) is 0 Å². The molecule has 0 fully saturated rings. The van der Waals surface area contributed by atoms with Gasteiger partial charge in [-0.3, -0.25) is 15.0 Å². The van der Waals surface area contributed by atoms with Crippen molar-refractivity contribution in [3.8, 4) is 22.4 Å². The highest BCUT2D eigenvalue weighted by Crippen LogP contribution is 2.28. The topological polar surface area (TPSA) is 38.7 Å². The Hall–Kier alpha value is -2.33. The molecule has 0 bridgehead atoms. The largest absolute Gasteiger partial charge is 0.264 e. The average Bonchev–Trinajstić information content (AvgIpc) is 2.49. The zero-order valence-electron chi connectivity index (χ0n) is 9.69. The van der Waals surface area contributed by atoms with E-state index in [1.807, 2.05) is 48.8 Å². The second-order valence-corrected chi connectivity index (χ2v) is 3.88. The van der Waals surface area contributed by atoms with Crippen LogP contribution in [-0.4, -0.2) is 25.9 Å². The van der Waals surface area contributed by atoms with Crippen molar-refractivity contribution in [3.05, 3.63) is 67.4 Å². The maximum atomic E-state index is 4.46. The SMILES string of the molecule is [SiH4].c1cncc(-c2cccnc2-c2cccnc2)c1. The molecule has 3 nitrogen and oxygen atoms in total. The summed E-state index contributed by atoms with van der Waals surface area (Å²) >= 11 is 0. The summed E-state index contributed by atoms with van der Waals surface area (Å²) in [4.78, 5) is 12.8. The molecule has 0 spiro atoms. The Kier molecular flexibility index (Phi) is 4.15. The van der Waals surface area contributed by atoms with Gasteiger partial charge in [-0.2, -0.15) is 0 Å². The van der Waals surface area contributed by atoms with Gasteiger partial charge in [0.15, 0.2) is 0 Å². The van der Waals surface area contributed by atoms with Crippen molar-refractivity contribution in [1.29, 1.82) is 0 Å². The molecule has 3 aromatic rings. The highest BCUT2D eigenvalue weighted by molar-refractivity contribution is 5.79. The molecule has 0 N–H and O–H groups in total. The van der Waals surface area contributed by atoms with Crippen molar-refractivity contribution >= 4 is 11.0 Å². The van der Waals surface area contributed by atoms with Crippen molar-refractivity contribution in [1.82, 2.24) is 15.0 Å². The van der Waals surface area contributed by atoms with E-state index in [2.05, 4.69) is 15.0 Å². The molecule has 0 aromatic carbocycles. The van der Waals surface area contributed by atoms with Gasteiger partial charge in [0, 0.05) is 47.7 Å². The van der Waals surface area contributed by atoms with Gasteiger partial charge < -0.3 is 0 Å². The van der Waals surface area contributed by atoms with E-state index in [0.29, 0.717) is 0 Å². The minimum absolute atomic E-state index is 0. The summed E-state index contributed by atoms with van der Waals surface area (Å²) in [6.07, 6.45) is 8.99. The molecule has 0 radical (unpaired) electrons. The molecular weight excluding hydrogens is 250 g/mol. The first-order valence-electron chi connectivity index (χ1n) is 5.71. The molecular formula is C15H15N3Si. The first-order chi connectivity index (χ1) is 8.95. The van der Waals surface area contributed by atoms with Crippen LogP contribution in [-0.2, 0) is 0 Å². The molecule has 0 unspecified atom stereocenters. The summed E-state index contributed by atoms with van der Waals surface area (Å²) < 4.78 is 0. The van der Waals surface area contributed by atoms with Crippen LogP contribution in [0, 0.1) is 0 Å². The third-order valence-corrected chi connectivity index (χ3v) is 2.72. The van der Waals surface area contributed by atoms with Crippen molar-refractivity contribution < 1.29 is 0 Å². The molecule has 4 heteroatoms. The molecule has 0 amide bonds. The zero-order chi connectivity index (χ0) is 12.2. The van der Waals surface area contributed by atoms with E-state index < -0.39 is 0 Å². The van der Waals surface area contributed by atoms with E-state index >= 15 is 0 Å². The smallest absolute Gasteiger partial charge is 0.0796 e. The van der Waals surface area contributed by atoms with Gasteiger partial charge in [0.25, 0.3) is 0 Å². The lowest BCUT2D eigenvalue weighted by Crippen LogP contribution is -1.89. The van der Waals surface area contributed by atoms with Gasteiger partial charge in [-0.1, -0.05) is 12.1 Å². The van der Waals surface area contributed by atoms with Crippen LogP contribution in [0.5, 0.6) is 0 Å². The van der Waals surface area contributed by atoms with E-state index in [-0.39, 0.29) is 11.0 Å². The number of rotatable bonds is 2. The predicted octanol–water partition coefficient (Wildman–Crippen LogP) is 1.75. The fraction of sp³-hybridized carbons (Fsp3) is 0. The van der Waals surface area contributed by atoms with Gasteiger partial charge in [-0.25, -0.2) is 0 Å². The molecule has 3 heterocycles. The monoisotopic (exact) mass is 265 g/mol. The van der Waals surface area contributed by atoms with Gasteiger partial charge in [-0.15, -0.1) is 0 Å². The molecule has 0 saturated carbocycles. The van der Waals surface area contributed by atoms with Gasteiger partial charge >= 0.3 is 0 Å². The summed E-state index contributed by atoms with van der Waals surface area (Å²) in [7, 11) is 0. The summed E-state index contributed by atoms with van der Waals surface area (Å²) in [5.74, 6) is 0. The number of pyridine rings is 3. The summed E-state index contributed by atoms with van der Waals surface area (Å²) in [6.45, 7) is 0. The van der Waals surface area contributed by atoms with Crippen LogP contribution >= 0.6 is 0 Å². The molecule has 0 aliphatic carbocycles. The van der Waals surface area contributed by atoms with Crippen LogP contribution in [0.25, 0.3) is 22.4 Å². The second kappa shape index (κ2) is 6.02. The molecule has 0 aliphatic rings. The fourth-order valence-electron chi connectivity index (χ4n) is 1.89. The van der Waals surface area contributed by atoms with Gasteiger partial charge in [0.1, 0.15) is 0 Å². The Bertz CT molecular complexity index is 583. The Morgan fingerprint density at radius 3 is 1.95 bits per heavy atom. The van der Waals surface area contributed by atoms with E-state index in [1.54, 1.807) is 18.6 Å². The van der Waals surface area contributed by atoms with Crippen molar-refractivity contribution in [3.63, 3.8) is 0 Å². The van der Waals surface area contributed by atoms with Crippen LogP contribution in [0.4, 0.5) is 0 Å². The number of aromatic nitrogens is 3. The summed E-state index contributed by atoms with van der Waals surface area (Å²) in [5.41, 5.74) is 4.07. The van der Waals surface area contributed by atoms with Crippen molar-refractivity contribution in [2.75, 3.05) is 0 Å². The number of nitrogens with zero attached hydrogens (tertiary/aromatic N) is 3. The maximum Gasteiger partial charge on any atom is 0.0796 e. The predicted molar refractivity (Wildman–Crippen MR) is 82.0 cm³/mol. The third-order valence-electron chi connectivity index (χ3n) is 2.72. The quantitative estimate of drug-likeness (QED) is 0.663. The van der Waals surface area contributed by atoms with Crippen LogP contribution in [0.15, 0.2) is 67.4 Å². The van der Waals surface area contributed by atoms with E-state index in [9.17, 15) is 0 Å². The summed E-state index contributed by atoms with van der Waals surface area (Å²) in [6, 6.07) is 11.9. The van der Waals surface area contributed by atoms with Crippen molar-refractivity contribution in [2.24, 2.45) is 0 Å². The lowest BCUT2D eigenvalue weighted by Gasteiger charge is -2.07. The van der Waals surface area contributed by atoms with Gasteiger partial charge in [0.2, 0.25) is 0 Å². The normalized spacial score (nSPS) is 9.68. The Morgan fingerprint density at radius 2 is 1.32 bits per heavy atom. The standard InChI is InChI=1S/C15H11N3.H4Si/c1-4-12(10-16-7-1)14-6-3-9-18-15(14)13-5-2-8-17-11-13;/h1-11H;1H4. The molecule has 3 rings (SSSR count). The molecule has 94 valence electrons. The average molecular weight is 265 g/mol. The first-order valence-corrected chi connectivity index (χ1v) is 5.71. The van der Waals surface area contributed by atoms with Crippen LogP contribution in [0.3, 0.4) is 0 Å². The first kappa shape index (κ1) is 13.1. The highest BCUT2D eigenvalue weighted by Gasteiger charge is 2.07. The fourth-order valence-corrected chi connectivity index (χ4v) is 1.89. The lowest BCUT2D eigenvalue weighted by molar-refractivity contribution is 1.27. The van der Waals surface area contributed by atoms with Crippen LogP contribution < -0.4 is 0 Å². The highest BCUT2D eigenvalue weighted by atomic mass is 28.1.